The van der Waals surface area contributed by atoms with Crippen molar-refractivity contribution in [3.05, 3.63) is 36.4 Å². The normalized spacial score (nSPS) is 10.4. The largest absolute Gasteiger partial charge is 0.330 e. The van der Waals surface area contributed by atoms with Gasteiger partial charge in [-0.1, -0.05) is 36.4 Å². The Morgan fingerprint density at radius 3 is 0.815 bits per heavy atom. The molecule has 0 radical (unpaired) electrons. The first kappa shape index (κ1) is 26.0. The molecule has 0 atom stereocenters. The van der Waals surface area contributed by atoms with Crippen LogP contribution in [-0.4, -0.2) is 65.4 Å². The van der Waals surface area contributed by atoms with Gasteiger partial charge in [-0.25, -0.2) is 0 Å². The minimum absolute atomic E-state index is 0.780. The predicted octanol–water partition coefficient (Wildman–Crippen LogP) is 0.899. The highest BCUT2D eigenvalue weighted by atomic mass is 14.9. The van der Waals surface area contributed by atoms with Crippen molar-refractivity contribution in [2.45, 2.75) is 32.1 Å². The summed E-state index contributed by atoms with van der Waals surface area (Å²) in [5, 5.41) is 13.7. The molecule has 1 aromatic rings. The first-order valence-corrected chi connectivity index (χ1v) is 10.6. The molecule has 0 aliphatic carbocycles. The van der Waals surface area contributed by atoms with Crippen LogP contribution in [-0.2, 0) is 0 Å². The van der Waals surface area contributed by atoms with Crippen molar-refractivity contribution in [1.29, 1.82) is 0 Å². The molecule has 1 rings (SSSR count). The van der Waals surface area contributed by atoms with Crippen molar-refractivity contribution in [1.82, 2.24) is 21.3 Å². The third-order valence-electron chi connectivity index (χ3n) is 3.90. The van der Waals surface area contributed by atoms with Crippen LogP contribution in [0.4, 0.5) is 0 Å². The van der Waals surface area contributed by atoms with Gasteiger partial charge in [0.15, 0.2) is 0 Å². The Labute approximate surface area is 167 Å². The van der Waals surface area contributed by atoms with Crippen LogP contribution in [0.3, 0.4) is 0 Å². The fourth-order valence-corrected chi connectivity index (χ4v) is 2.35. The summed E-state index contributed by atoms with van der Waals surface area (Å²) in [6.07, 6.45) is 5.71. The molecule has 0 fully saturated rings. The van der Waals surface area contributed by atoms with E-state index in [-0.39, 0.29) is 0 Å². The first-order chi connectivity index (χ1) is 13.4. The lowest BCUT2D eigenvalue weighted by Crippen LogP contribution is -2.27. The van der Waals surface area contributed by atoms with Gasteiger partial charge in [0, 0.05) is 0 Å². The predicted molar refractivity (Wildman–Crippen MR) is 119 cm³/mol. The summed E-state index contributed by atoms with van der Waals surface area (Å²) in [7, 11) is 0. The highest BCUT2D eigenvalue weighted by Crippen LogP contribution is 1.81. The van der Waals surface area contributed by atoms with Crippen LogP contribution in [0, 0.1) is 0 Å². The molecule has 0 amide bonds. The molecule has 0 aliphatic rings. The summed E-state index contributed by atoms with van der Waals surface area (Å²) in [6.45, 7) is 10.2. The van der Waals surface area contributed by atoms with Gasteiger partial charge in [-0.15, -0.1) is 0 Å². The van der Waals surface area contributed by atoms with Gasteiger partial charge in [0.25, 0.3) is 0 Å². The molecule has 0 heterocycles. The van der Waals surface area contributed by atoms with E-state index in [1.54, 1.807) is 0 Å². The third kappa shape index (κ3) is 25.0. The van der Waals surface area contributed by atoms with Gasteiger partial charge >= 0.3 is 0 Å². The Bertz CT molecular complexity index is 305. The van der Waals surface area contributed by atoms with Gasteiger partial charge in [0.1, 0.15) is 0 Å². The van der Waals surface area contributed by atoms with Crippen LogP contribution in [0.2, 0.25) is 0 Å². The fourth-order valence-electron chi connectivity index (χ4n) is 2.35. The average Bonchev–Trinajstić information content (AvgIpc) is 2.72. The third-order valence-corrected chi connectivity index (χ3v) is 3.90. The summed E-state index contributed by atoms with van der Waals surface area (Å²) in [4.78, 5) is 0. The molecule has 0 bridgehead atoms. The lowest BCUT2D eigenvalue weighted by atomic mass is 10.3. The molecule has 0 saturated carbocycles. The quantitative estimate of drug-likeness (QED) is 0.212. The molecule has 0 aromatic heterocycles. The SMILES string of the molecule is NCCCNCCCNCCCNCCCNCCCN.c1ccccc1. The van der Waals surface area contributed by atoms with E-state index in [4.69, 9.17) is 11.5 Å². The second-order valence-corrected chi connectivity index (χ2v) is 6.50. The second kappa shape index (κ2) is 25.0. The van der Waals surface area contributed by atoms with Crippen LogP contribution >= 0.6 is 0 Å². The number of hydrogen-bond acceptors (Lipinski definition) is 6. The van der Waals surface area contributed by atoms with Crippen molar-refractivity contribution in [2.24, 2.45) is 11.5 Å². The lowest BCUT2D eigenvalue weighted by Gasteiger charge is -2.07. The van der Waals surface area contributed by atoms with Crippen molar-refractivity contribution in [3.63, 3.8) is 0 Å². The van der Waals surface area contributed by atoms with Gasteiger partial charge in [-0.05, 0) is 97.6 Å². The zero-order valence-corrected chi connectivity index (χ0v) is 17.2. The Kier molecular flexibility index (Phi) is 24.0. The molecular weight excluding hydrogens is 336 g/mol. The van der Waals surface area contributed by atoms with Gasteiger partial charge < -0.3 is 32.7 Å². The molecule has 158 valence electrons. The van der Waals surface area contributed by atoms with Crippen LogP contribution in [0.1, 0.15) is 32.1 Å². The highest BCUT2D eigenvalue weighted by Gasteiger charge is 1.91. The van der Waals surface area contributed by atoms with E-state index in [0.717, 1.165) is 78.3 Å². The van der Waals surface area contributed by atoms with Crippen LogP contribution in [0.25, 0.3) is 0 Å². The monoisotopic (exact) mass is 380 g/mol. The van der Waals surface area contributed by atoms with E-state index in [1.165, 1.54) is 19.3 Å². The van der Waals surface area contributed by atoms with Gasteiger partial charge in [0.05, 0.1) is 0 Å². The lowest BCUT2D eigenvalue weighted by molar-refractivity contribution is 0.548. The van der Waals surface area contributed by atoms with E-state index >= 15 is 0 Å². The highest BCUT2D eigenvalue weighted by molar-refractivity contribution is 4.99. The first-order valence-electron chi connectivity index (χ1n) is 10.6. The van der Waals surface area contributed by atoms with Crippen molar-refractivity contribution in [3.8, 4) is 0 Å². The fraction of sp³-hybridized carbons (Fsp3) is 0.714. The molecule has 0 unspecified atom stereocenters. The van der Waals surface area contributed by atoms with Crippen LogP contribution in [0.15, 0.2) is 36.4 Å². The molecule has 0 aliphatic heterocycles. The number of hydrogen-bond donors (Lipinski definition) is 6. The number of rotatable bonds is 18. The number of nitrogens with one attached hydrogen (secondary N) is 4. The van der Waals surface area contributed by atoms with Gasteiger partial charge in [-0.2, -0.15) is 0 Å². The zero-order valence-electron chi connectivity index (χ0n) is 17.2. The Hall–Kier alpha value is -1.02. The summed E-state index contributed by atoms with van der Waals surface area (Å²) in [5.74, 6) is 0. The number of benzene rings is 1. The summed E-state index contributed by atoms with van der Waals surface area (Å²) < 4.78 is 0. The van der Waals surface area contributed by atoms with E-state index < -0.39 is 0 Å². The molecule has 27 heavy (non-hydrogen) atoms. The van der Waals surface area contributed by atoms with E-state index in [2.05, 4.69) is 21.3 Å². The number of nitrogens with two attached hydrogens (primary N) is 2. The molecule has 0 saturated heterocycles. The van der Waals surface area contributed by atoms with E-state index in [1.807, 2.05) is 36.4 Å². The van der Waals surface area contributed by atoms with Crippen LogP contribution in [0.5, 0.6) is 0 Å². The van der Waals surface area contributed by atoms with Crippen molar-refractivity contribution in [2.75, 3.05) is 65.4 Å². The molecule has 6 nitrogen and oxygen atoms in total. The van der Waals surface area contributed by atoms with Crippen molar-refractivity contribution >= 4 is 0 Å². The molecule has 6 heteroatoms. The molecular formula is C21H44N6. The van der Waals surface area contributed by atoms with Crippen molar-refractivity contribution < 1.29 is 0 Å². The van der Waals surface area contributed by atoms with E-state index in [9.17, 15) is 0 Å². The Morgan fingerprint density at radius 2 is 0.593 bits per heavy atom. The topological polar surface area (TPSA) is 100 Å². The summed E-state index contributed by atoms with van der Waals surface area (Å²) in [5.41, 5.74) is 10.9. The second-order valence-electron chi connectivity index (χ2n) is 6.50. The maximum Gasteiger partial charge on any atom is -0.00368 e. The summed E-state index contributed by atoms with van der Waals surface area (Å²) in [6, 6.07) is 12.0. The maximum absolute atomic E-state index is 5.43. The minimum Gasteiger partial charge on any atom is -0.330 e. The average molecular weight is 381 g/mol. The smallest absolute Gasteiger partial charge is 0.00368 e. The van der Waals surface area contributed by atoms with Gasteiger partial charge in [0.2, 0.25) is 0 Å². The van der Waals surface area contributed by atoms with Gasteiger partial charge in [-0.3, -0.25) is 0 Å². The maximum atomic E-state index is 5.43. The zero-order chi connectivity index (χ0) is 19.7. The Balaban J connectivity index is 0.000000941. The van der Waals surface area contributed by atoms with E-state index in [0.29, 0.717) is 0 Å². The molecule has 1 aromatic carbocycles. The minimum atomic E-state index is 0.780. The Morgan fingerprint density at radius 1 is 0.370 bits per heavy atom. The standard InChI is InChI=1S/C15H38N6.C6H6/c16-6-1-8-18-10-3-12-20-14-5-15-21-13-4-11-19-9-2-7-17;1-2-4-6-5-3-1/h18-21H,1-17H2;1-6H. The summed E-state index contributed by atoms with van der Waals surface area (Å²) >= 11 is 0. The van der Waals surface area contributed by atoms with Crippen LogP contribution < -0.4 is 32.7 Å². The molecule has 0 spiro atoms. The molecule has 8 N–H and O–H groups in total.